The van der Waals surface area contributed by atoms with Gasteiger partial charge in [0.05, 0.1) is 12.2 Å². The molecule has 1 aliphatic carbocycles. The van der Waals surface area contributed by atoms with Crippen molar-refractivity contribution < 1.29 is 20.1 Å². The maximum atomic E-state index is 10.4. The van der Waals surface area contributed by atoms with Crippen molar-refractivity contribution in [2.24, 2.45) is 11.8 Å². The second-order valence-electron chi connectivity index (χ2n) is 7.10. The van der Waals surface area contributed by atoms with Gasteiger partial charge in [0.2, 0.25) is 0 Å². The highest BCUT2D eigenvalue weighted by Gasteiger charge is 2.40. The van der Waals surface area contributed by atoms with Crippen LogP contribution in [0.5, 0.6) is 0 Å². The summed E-state index contributed by atoms with van der Waals surface area (Å²) in [7, 11) is 1.74. The average molecular weight is 355 g/mol. The van der Waals surface area contributed by atoms with Crippen molar-refractivity contribution >= 4 is 0 Å². The molecule has 4 nitrogen and oxygen atoms in total. The third kappa shape index (κ3) is 9.00. The lowest BCUT2D eigenvalue weighted by Gasteiger charge is -2.20. The lowest BCUT2D eigenvalue weighted by atomic mass is 9.89. The van der Waals surface area contributed by atoms with Gasteiger partial charge in [-0.15, -0.1) is 0 Å². The second-order valence-corrected chi connectivity index (χ2v) is 7.10. The first-order valence-electron chi connectivity index (χ1n) is 9.98. The normalized spacial score (nSPS) is 27.0. The zero-order valence-electron chi connectivity index (χ0n) is 15.9. The Balaban J connectivity index is 2.41. The lowest BCUT2D eigenvalue weighted by Crippen LogP contribution is -2.21. The molecule has 0 aliphatic heterocycles. The fourth-order valence-corrected chi connectivity index (χ4v) is 3.66. The molecule has 1 unspecified atom stereocenters. The molecule has 25 heavy (non-hydrogen) atoms. The summed E-state index contributed by atoms with van der Waals surface area (Å²) in [6.45, 7) is 0.554. The van der Waals surface area contributed by atoms with Crippen molar-refractivity contribution in [3.63, 3.8) is 0 Å². The van der Waals surface area contributed by atoms with Gasteiger partial charge in [-0.3, -0.25) is 0 Å². The number of unbranched alkanes of at least 4 members (excludes halogenated alkanes) is 6. The van der Waals surface area contributed by atoms with E-state index in [0.717, 1.165) is 57.8 Å². The number of allylic oxidation sites excluding steroid dienone is 3. The highest BCUT2D eigenvalue weighted by Crippen LogP contribution is 2.37. The Kier molecular flexibility index (Phi) is 13.0. The predicted molar refractivity (Wildman–Crippen MR) is 102 cm³/mol. The van der Waals surface area contributed by atoms with E-state index < -0.39 is 0 Å². The van der Waals surface area contributed by atoms with Gasteiger partial charge in [0.25, 0.3) is 0 Å². The standard InChI is InChI=1S/C21H38O4/c1-25-21-17-20(24)18(13-9-6-4-8-12-16-23)19(21)14-10-5-2-3-7-11-15-22/h6,9-10,14,18-24H,2-5,7-8,11-13,15-17H2,1H3/b9-6+,14-10+/t18?,19-,20+,21-/m0/s1. The summed E-state index contributed by atoms with van der Waals surface area (Å²) < 4.78 is 5.60. The number of aliphatic hydroxyl groups is 3. The third-order valence-electron chi connectivity index (χ3n) is 5.19. The molecule has 0 radical (unpaired) electrons. The topological polar surface area (TPSA) is 69.9 Å². The van der Waals surface area contributed by atoms with Crippen molar-refractivity contribution in [3.05, 3.63) is 24.3 Å². The minimum Gasteiger partial charge on any atom is -0.396 e. The van der Waals surface area contributed by atoms with Gasteiger partial charge in [-0.1, -0.05) is 37.1 Å². The smallest absolute Gasteiger partial charge is 0.0662 e. The fourth-order valence-electron chi connectivity index (χ4n) is 3.66. The van der Waals surface area contributed by atoms with Gasteiger partial charge >= 0.3 is 0 Å². The molecule has 1 rings (SSSR count). The molecule has 0 amide bonds. The highest BCUT2D eigenvalue weighted by atomic mass is 16.5. The third-order valence-corrected chi connectivity index (χ3v) is 5.19. The molecule has 1 saturated carbocycles. The van der Waals surface area contributed by atoms with E-state index >= 15 is 0 Å². The fraction of sp³-hybridized carbons (Fsp3) is 0.810. The Morgan fingerprint density at radius 3 is 2.24 bits per heavy atom. The zero-order chi connectivity index (χ0) is 18.3. The van der Waals surface area contributed by atoms with E-state index in [-0.39, 0.29) is 30.7 Å². The minimum atomic E-state index is -0.300. The van der Waals surface area contributed by atoms with Crippen LogP contribution in [0, 0.1) is 11.8 Å². The quantitative estimate of drug-likeness (QED) is 0.329. The van der Waals surface area contributed by atoms with Gasteiger partial charge in [0, 0.05) is 32.7 Å². The molecule has 0 heterocycles. The van der Waals surface area contributed by atoms with Crippen LogP contribution in [0.15, 0.2) is 24.3 Å². The van der Waals surface area contributed by atoms with Crippen LogP contribution >= 0.6 is 0 Å². The molecule has 0 aromatic rings. The predicted octanol–water partition coefficient (Wildman–Crippen LogP) is 3.61. The molecule has 4 atom stereocenters. The Labute approximate surface area is 153 Å². The molecular weight excluding hydrogens is 316 g/mol. The highest BCUT2D eigenvalue weighted by molar-refractivity contribution is 5.05. The van der Waals surface area contributed by atoms with Crippen LogP contribution < -0.4 is 0 Å². The van der Waals surface area contributed by atoms with Crippen molar-refractivity contribution in [3.8, 4) is 0 Å². The zero-order valence-corrected chi connectivity index (χ0v) is 15.9. The van der Waals surface area contributed by atoms with Crippen molar-refractivity contribution in [2.75, 3.05) is 20.3 Å². The van der Waals surface area contributed by atoms with Crippen LogP contribution in [0.25, 0.3) is 0 Å². The first-order valence-corrected chi connectivity index (χ1v) is 9.98. The molecule has 146 valence electrons. The SMILES string of the molecule is CO[C@H]1C[C@@H](O)C(C/C=C/CCCCO)[C@@H]1/C=C/CCCCCCO. The number of hydrogen-bond donors (Lipinski definition) is 3. The molecule has 0 aromatic carbocycles. The largest absolute Gasteiger partial charge is 0.396 e. The molecule has 0 aromatic heterocycles. The summed E-state index contributed by atoms with van der Waals surface area (Å²) in [5.41, 5.74) is 0. The van der Waals surface area contributed by atoms with E-state index in [1.165, 1.54) is 0 Å². The lowest BCUT2D eigenvalue weighted by molar-refractivity contribution is 0.0749. The summed E-state index contributed by atoms with van der Waals surface area (Å²) >= 11 is 0. The number of rotatable bonds is 14. The van der Waals surface area contributed by atoms with Crippen LogP contribution in [0.3, 0.4) is 0 Å². The van der Waals surface area contributed by atoms with E-state index in [1.54, 1.807) is 7.11 Å². The minimum absolute atomic E-state index is 0.105. The second kappa shape index (κ2) is 14.5. The van der Waals surface area contributed by atoms with Crippen molar-refractivity contribution in [2.45, 2.75) is 76.4 Å². The van der Waals surface area contributed by atoms with E-state index in [1.807, 2.05) is 0 Å². The molecule has 3 N–H and O–H groups in total. The van der Waals surface area contributed by atoms with Gasteiger partial charge in [-0.25, -0.2) is 0 Å². The van der Waals surface area contributed by atoms with Crippen LogP contribution in [0.1, 0.15) is 64.2 Å². The van der Waals surface area contributed by atoms with Crippen LogP contribution in [0.2, 0.25) is 0 Å². The maximum absolute atomic E-state index is 10.4. The van der Waals surface area contributed by atoms with Crippen LogP contribution in [-0.4, -0.2) is 47.9 Å². The number of methoxy groups -OCH3 is 1. The van der Waals surface area contributed by atoms with E-state index in [9.17, 15) is 5.11 Å². The number of ether oxygens (including phenoxy) is 1. The summed E-state index contributed by atoms with van der Waals surface area (Å²) in [5, 5.41) is 28.0. The summed E-state index contributed by atoms with van der Waals surface area (Å²) in [6.07, 6.45) is 18.5. The molecule has 1 fully saturated rings. The van der Waals surface area contributed by atoms with E-state index in [0.29, 0.717) is 13.0 Å². The van der Waals surface area contributed by atoms with Gasteiger partial charge in [0.1, 0.15) is 0 Å². The van der Waals surface area contributed by atoms with Gasteiger partial charge in [0.15, 0.2) is 0 Å². The summed E-state index contributed by atoms with van der Waals surface area (Å²) in [4.78, 5) is 0. The molecule has 0 spiro atoms. The Bertz CT molecular complexity index is 367. The molecule has 0 saturated heterocycles. The Morgan fingerprint density at radius 2 is 1.52 bits per heavy atom. The number of hydrogen-bond acceptors (Lipinski definition) is 4. The van der Waals surface area contributed by atoms with Crippen molar-refractivity contribution in [1.82, 2.24) is 0 Å². The molecular formula is C21H38O4. The van der Waals surface area contributed by atoms with Gasteiger partial charge in [-0.2, -0.15) is 0 Å². The van der Waals surface area contributed by atoms with Crippen LogP contribution in [0.4, 0.5) is 0 Å². The Hall–Kier alpha value is -0.680. The number of aliphatic hydroxyl groups excluding tert-OH is 3. The van der Waals surface area contributed by atoms with Gasteiger partial charge < -0.3 is 20.1 Å². The first-order chi connectivity index (χ1) is 12.2. The first kappa shape index (κ1) is 22.4. The monoisotopic (exact) mass is 354 g/mol. The van der Waals surface area contributed by atoms with E-state index in [2.05, 4.69) is 24.3 Å². The molecule has 1 aliphatic rings. The average Bonchev–Trinajstić information content (AvgIpc) is 2.92. The van der Waals surface area contributed by atoms with Crippen LogP contribution in [-0.2, 0) is 4.74 Å². The Morgan fingerprint density at radius 1 is 0.880 bits per heavy atom. The maximum Gasteiger partial charge on any atom is 0.0662 e. The summed E-state index contributed by atoms with van der Waals surface area (Å²) in [6, 6.07) is 0. The van der Waals surface area contributed by atoms with Crippen molar-refractivity contribution in [1.29, 1.82) is 0 Å². The van der Waals surface area contributed by atoms with E-state index in [4.69, 9.17) is 14.9 Å². The molecule has 0 bridgehead atoms. The molecule has 4 heteroatoms. The van der Waals surface area contributed by atoms with Gasteiger partial charge in [-0.05, 0) is 50.9 Å². The summed E-state index contributed by atoms with van der Waals surface area (Å²) in [5.74, 6) is 0.504.